The molecule has 3 rings (SSSR count). The number of fused-ring (bicyclic) bond motifs is 2. The van der Waals surface area contributed by atoms with Crippen LogP contribution in [-0.2, 0) is 5.41 Å². The first-order chi connectivity index (χ1) is 8.36. The van der Waals surface area contributed by atoms with Gasteiger partial charge in [0.25, 0.3) is 0 Å². The van der Waals surface area contributed by atoms with Gasteiger partial charge in [-0.3, -0.25) is 0 Å². The minimum absolute atomic E-state index is 0.313. The maximum absolute atomic E-state index is 5.83. The average Bonchev–Trinajstić information content (AvgIpc) is 2.40. The van der Waals surface area contributed by atoms with Crippen LogP contribution in [-0.4, -0.2) is 26.8 Å². The summed E-state index contributed by atoms with van der Waals surface area (Å²) in [5.41, 5.74) is 1.66. The van der Waals surface area contributed by atoms with Gasteiger partial charge in [0.05, 0.1) is 13.7 Å². The molecule has 2 aliphatic rings. The Balaban J connectivity index is 2.07. The van der Waals surface area contributed by atoms with Crippen molar-refractivity contribution in [3.05, 3.63) is 23.8 Å². The van der Waals surface area contributed by atoms with Gasteiger partial charge in [-0.05, 0) is 38.4 Å². The molecular formula is C14H19NO2. The van der Waals surface area contributed by atoms with Crippen LogP contribution in [0, 0.1) is 0 Å². The highest BCUT2D eigenvalue weighted by atomic mass is 16.5. The summed E-state index contributed by atoms with van der Waals surface area (Å²) in [6.07, 6.45) is 3.54. The molecule has 92 valence electrons. The molecule has 3 heteroatoms. The van der Waals surface area contributed by atoms with Crippen LogP contribution >= 0.6 is 0 Å². The molecule has 1 spiro atoms. The van der Waals surface area contributed by atoms with E-state index in [-0.39, 0.29) is 0 Å². The second-order valence-corrected chi connectivity index (χ2v) is 4.97. The van der Waals surface area contributed by atoms with Crippen LogP contribution in [0.2, 0.25) is 0 Å². The van der Waals surface area contributed by atoms with Crippen LogP contribution in [0.1, 0.15) is 24.8 Å². The van der Waals surface area contributed by atoms with E-state index in [1.165, 1.54) is 18.4 Å². The van der Waals surface area contributed by atoms with Gasteiger partial charge in [0.1, 0.15) is 0 Å². The summed E-state index contributed by atoms with van der Waals surface area (Å²) >= 11 is 0. The third-order valence-corrected chi connectivity index (χ3v) is 4.16. The van der Waals surface area contributed by atoms with E-state index in [9.17, 15) is 0 Å². The number of nitrogens with one attached hydrogen (secondary N) is 1. The Bertz CT molecular complexity index is 411. The van der Waals surface area contributed by atoms with Crippen molar-refractivity contribution in [1.82, 2.24) is 5.32 Å². The predicted octanol–water partition coefficient (Wildman–Crippen LogP) is 2.10. The van der Waals surface area contributed by atoms with E-state index in [4.69, 9.17) is 9.47 Å². The van der Waals surface area contributed by atoms with Crippen LogP contribution in [0.3, 0.4) is 0 Å². The van der Waals surface area contributed by atoms with Crippen molar-refractivity contribution in [2.24, 2.45) is 0 Å². The van der Waals surface area contributed by atoms with Gasteiger partial charge in [0.15, 0.2) is 11.5 Å². The number of piperidine rings is 1. The molecule has 0 atom stereocenters. The highest BCUT2D eigenvalue weighted by Gasteiger charge is 2.39. The van der Waals surface area contributed by atoms with E-state index < -0.39 is 0 Å². The van der Waals surface area contributed by atoms with E-state index in [0.29, 0.717) is 5.41 Å². The highest BCUT2D eigenvalue weighted by Crippen LogP contribution is 2.47. The van der Waals surface area contributed by atoms with Crippen LogP contribution < -0.4 is 14.8 Å². The first kappa shape index (κ1) is 10.9. The van der Waals surface area contributed by atoms with Crippen molar-refractivity contribution in [3.63, 3.8) is 0 Å². The zero-order valence-corrected chi connectivity index (χ0v) is 10.3. The molecule has 1 aromatic carbocycles. The topological polar surface area (TPSA) is 30.5 Å². The molecule has 2 heterocycles. The Labute approximate surface area is 102 Å². The third kappa shape index (κ3) is 1.69. The predicted molar refractivity (Wildman–Crippen MR) is 66.9 cm³/mol. The van der Waals surface area contributed by atoms with E-state index in [2.05, 4.69) is 17.4 Å². The fraction of sp³-hybridized carbons (Fsp3) is 0.571. The maximum atomic E-state index is 5.83. The Kier molecular flexibility index (Phi) is 2.71. The molecule has 0 aliphatic carbocycles. The van der Waals surface area contributed by atoms with Crippen molar-refractivity contribution in [3.8, 4) is 11.5 Å². The molecule has 1 saturated heterocycles. The monoisotopic (exact) mass is 233 g/mol. The molecule has 0 radical (unpaired) electrons. The minimum Gasteiger partial charge on any atom is -0.493 e. The number of hydrogen-bond donors (Lipinski definition) is 1. The lowest BCUT2D eigenvalue weighted by Crippen LogP contribution is -2.43. The van der Waals surface area contributed by atoms with Crippen LogP contribution in [0.4, 0.5) is 0 Å². The summed E-state index contributed by atoms with van der Waals surface area (Å²) in [5, 5.41) is 3.44. The van der Waals surface area contributed by atoms with Gasteiger partial charge >= 0.3 is 0 Å². The smallest absolute Gasteiger partial charge is 0.164 e. The normalized spacial score (nSPS) is 21.7. The van der Waals surface area contributed by atoms with Crippen LogP contribution in [0.25, 0.3) is 0 Å². The molecule has 2 aliphatic heterocycles. The van der Waals surface area contributed by atoms with Gasteiger partial charge < -0.3 is 14.8 Å². The average molecular weight is 233 g/mol. The first-order valence-corrected chi connectivity index (χ1v) is 6.37. The molecule has 1 aromatic rings. The Hall–Kier alpha value is -1.22. The quantitative estimate of drug-likeness (QED) is 0.805. The van der Waals surface area contributed by atoms with Gasteiger partial charge in [-0.25, -0.2) is 0 Å². The van der Waals surface area contributed by atoms with E-state index in [1.54, 1.807) is 7.11 Å². The molecule has 0 amide bonds. The molecule has 0 unspecified atom stereocenters. The Morgan fingerprint density at radius 3 is 2.82 bits per heavy atom. The van der Waals surface area contributed by atoms with Crippen molar-refractivity contribution in [2.75, 3.05) is 26.8 Å². The van der Waals surface area contributed by atoms with Gasteiger partial charge in [0, 0.05) is 11.0 Å². The maximum Gasteiger partial charge on any atom is 0.164 e. The largest absolute Gasteiger partial charge is 0.493 e. The first-order valence-electron chi connectivity index (χ1n) is 6.37. The number of para-hydroxylation sites is 1. The number of hydrogen-bond acceptors (Lipinski definition) is 3. The van der Waals surface area contributed by atoms with Crippen molar-refractivity contribution < 1.29 is 9.47 Å². The summed E-state index contributed by atoms with van der Waals surface area (Å²) in [7, 11) is 1.71. The fourth-order valence-electron chi connectivity index (χ4n) is 3.15. The lowest BCUT2D eigenvalue weighted by atomic mass is 9.69. The fourth-order valence-corrected chi connectivity index (χ4v) is 3.15. The van der Waals surface area contributed by atoms with Crippen LogP contribution in [0.5, 0.6) is 11.5 Å². The lowest BCUT2D eigenvalue weighted by Gasteiger charge is -2.42. The van der Waals surface area contributed by atoms with Crippen molar-refractivity contribution >= 4 is 0 Å². The number of rotatable bonds is 1. The van der Waals surface area contributed by atoms with E-state index >= 15 is 0 Å². The summed E-state index contributed by atoms with van der Waals surface area (Å²) < 4.78 is 11.2. The minimum atomic E-state index is 0.313. The Morgan fingerprint density at radius 1 is 1.24 bits per heavy atom. The summed E-state index contributed by atoms with van der Waals surface area (Å²) in [6, 6.07) is 6.28. The number of methoxy groups -OCH3 is 1. The number of ether oxygens (including phenoxy) is 2. The van der Waals surface area contributed by atoms with Crippen LogP contribution in [0.15, 0.2) is 18.2 Å². The van der Waals surface area contributed by atoms with E-state index in [0.717, 1.165) is 37.6 Å². The zero-order valence-electron chi connectivity index (χ0n) is 10.3. The molecule has 1 N–H and O–H groups in total. The zero-order chi connectivity index (χ0) is 11.7. The van der Waals surface area contributed by atoms with Gasteiger partial charge in [-0.2, -0.15) is 0 Å². The lowest BCUT2D eigenvalue weighted by molar-refractivity contribution is 0.174. The standard InChI is InChI=1S/C14H19NO2/c1-16-12-4-2-3-11-13(12)17-10-7-14(11)5-8-15-9-6-14/h2-4,15H,5-10H2,1H3. The summed E-state index contributed by atoms with van der Waals surface area (Å²) in [5.74, 6) is 1.85. The molecule has 0 bridgehead atoms. The van der Waals surface area contributed by atoms with E-state index in [1.807, 2.05) is 6.07 Å². The van der Waals surface area contributed by atoms with Gasteiger partial charge in [0.2, 0.25) is 0 Å². The highest BCUT2D eigenvalue weighted by molar-refractivity contribution is 5.51. The second kappa shape index (κ2) is 4.22. The molecule has 1 fully saturated rings. The SMILES string of the molecule is COc1cccc2c1OCCC21CCNCC1. The molecule has 17 heavy (non-hydrogen) atoms. The third-order valence-electron chi connectivity index (χ3n) is 4.16. The number of benzene rings is 1. The summed E-state index contributed by atoms with van der Waals surface area (Å²) in [6.45, 7) is 3.03. The van der Waals surface area contributed by atoms with Gasteiger partial charge in [-0.1, -0.05) is 12.1 Å². The second-order valence-electron chi connectivity index (χ2n) is 4.97. The van der Waals surface area contributed by atoms with Crippen molar-refractivity contribution in [1.29, 1.82) is 0 Å². The Morgan fingerprint density at radius 2 is 2.06 bits per heavy atom. The van der Waals surface area contributed by atoms with Gasteiger partial charge in [-0.15, -0.1) is 0 Å². The molecule has 0 saturated carbocycles. The molecule has 0 aromatic heterocycles. The summed E-state index contributed by atoms with van der Waals surface area (Å²) in [4.78, 5) is 0. The molecular weight excluding hydrogens is 214 g/mol. The molecule has 3 nitrogen and oxygen atoms in total. The van der Waals surface area contributed by atoms with Crippen molar-refractivity contribution in [2.45, 2.75) is 24.7 Å².